The minimum Gasteiger partial charge on any atom is -0.389 e. The third-order valence-electron chi connectivity index (χ3n) is 2.79. The highest BCUT2D eigenvalue weighted by atomic mass is 79.9. The molecule has 0 radical (unpaired) electrons. The van der Waals surface area contributed by atoms with Crippen LogP contribution in [0, 0.1) is 12.7 Å². The Kier molecular flexibility index (Phi) is 4.62. The van der Waals surface area contributed by atoms with E-state index in [4.69, 9.17) is 29.6 Å². The van der Waals surface area contributed by atoms with Crippen molar-refractivity contribution in [2.75, 3.05) is 5.32 Å². The first-order valence-corrected chi connectivity index (χ1v) is 7.28. The van der Waals surface area contributed by atoms with Crippen molar-refractivity contribution in [3.8, 4) is 0 Å². The molecule has 0 bridgehead atoms. The van der Waals surface area contributed by atoms with E-state index in [1.807, 2.05) is 6.92 Å². The van der Waals surface area contributed by atoms with E-state index in [-0.39, 0.29) is 5.82 Å². The average Bonchev–Trinajstić information content (AvgIpc) is 2.37. The van der Waals surface area contributed by atoms with E-state index in [1.165, 1.54) is 6.07 Å². The van der Waals surface area contributed by atoms with Gasteiger partial charge in [-0.2, -0.15) is 0 Å². The van der Waals surface area contributed by atoms with Crippen molar-refractivity contribution in [1.82, 2.24) is 0 Å². The lowest BCUT2D eigenvalue weighted by Crippen LogP contribution is -2.09. The van der Waals surface area contributed by atoms with Crippen LogP contribution in [0.1, 0.15) is 11.1 Å². The SMILES string of the molecule is Cc1cc(F)c(Br)cc1Nc1ccc(C(N)=S)cc1Cl. The lowest BCUT2D eigenvalue weighted by Gasteiger charge is -2.13. The number of aryl methyl sites for hydroxylation is 1. The molecule has 2 nitrogen and oxygen atoms in total. The number of halogens is 3. The van der Waals surface area contributed by atoms with Gasteiger partial charge < -0.3 is 11.1 Å². The summed E-state index contributed by atoms with van der Waals surface area (Å²) in [6.45, 7) is 1.81. The van der Waals surface area contributed by atoms with Crippen LogP contribution >= 0.6 is 39.7 Å². The number of thiocarbonyl (C=S) groups is 1. The largest absolute Gasteiger partial charge is 0.389 e. The molecule has 0 fully saturated rings. The van der Waals surface area contributed by atoms with Crippen LogP contribution in [0.25, 0.3) is 0 Å². The van der Waals surface area contributed by atoms with E-state index in [2.05, 4.69) is 21.2 Å². The van der Waals surface area contributed by atoms with E-state index >= 15 is 0 Å². The van der Waals surface area contributed by atoms with E-state index in [0.29, 0.717) is 25.7 Å². The molecule has 0 saturated carbocycles. The molecule has 3 N–H and O–H groups in total. The fourth-order valence-electron chi connectivity index (χ4n) is 1.70. The quantitative estimate of drug-likeness (QED) is 0.749. The maximum atomic E-state index is 13.4. The van der Waals surface area contributed by atoms with Crippen LogP contribution in [0.3, 0.4) is 0 Å². The van der Waals surface area contributed by atoms with Gasteiger partial charge >= 0.3 is 0 Å². The van der Waals surface area contributed by atoms with E-state index in [9.17, 15) is 4.39 Å². The van der Waals surface area contributed by atoms with Crippen LogP contribution in [0.4, 0.5) is 15.8 Å². The molecule has 0 aliphatic carbocycles. The van der Waals surface area contributed by atoms with Gasteiger partial charge in [0.2, 0.25) is 0 Å². The summed E-state index contributed by atoms with van der Waals surface area (Å²) in [5.41, 5.74) is 8.50. The zero-order chi connectivity index (χ0) is 14.9. The van der Waals surface area contributed by atoms with Gasteiger partial charge in [0.25, 0.3) is 0 Å². The summed E-state index contributed by atoms with van der Waals surface area (Å²) < 4.78 is 13.8. The molecule has 2 aromatic carbocycles. The second kappa shape index (κ2) is 6.08. The molecule has 0 unspecified atom stereocenters. The number of hydrogen-bond donors (Lipinski definition) is 2. The monoisotopic (exact) mass is 372 g/mol. The lowest BCUT2D eigenvalue weighted by atomic mass is 10.1. The van der Waals surface area contributed by atoms with E-state index < -0.39 is 0 Å². The third-order valence-corrected chi connectivity index (χ3v) is 3.95. The van der Waals surface area contributed by atoms with Crippen LogP contribution in [-0.4, -0.2) is 4.99 Å². The standard InChI is InChI=1S/C14H11BrClFN2S/c1-7-4-11(17)9(15)6-13(7)19-12-3-2-8(14(18)20)5-10(12)16/h2-6,19H,1H3,(H2,18,20). The Morgan fingerprint density at radius 2 is 2.00 bits per heavy atom. The molecule has 0 atom stereocenters. The highest BCUT2D eigenvalue weighted by Gasteiger charge is 2.08. The lowest BCUT2D eigenvalue weighted by molar-refractivity contribution is 0.620. The first-order chi connectivity index (χ1) is 9.38. The maximum Gasteiger partial charge on any atom is 0.137 e. The molecule has 0 aliphatic heterocycles. The zero-order valence-corrected chi connectivity index (χ0v) is 13.7. The number of hydrogen-bond acceptors (Lipinski definition) is 2. The Bertz CT molecular complexity index is 691. The Labute approximate surface area is 135 Å². The Morgan fingerprint density at radius 1 is 1.30 bits per heavy atom. The Balaban J connectivity index is 2.35. The third kappa shape index (κ3) is 3.29. The second-order valence-corrected chi connectivity index (χ2v) is 5.97. The number of rotatable bonds is 3. The predicted molar refractivity (Wildman–Crippen MR) is 89.5 cm³/mol. The smallest absolute Gasteiger partial charge is 0.137 e. The van der Waals surface area contributed by atoms with Crippen molar-refractivity contribution >= 4 is 56.1 Å². The summed E-state index contributed by atoms with van der Waals surface area (Å²) in [4.78, 5) is 0.291. The van der Waals surface area contributed by atoms with Crippen molar-refractivity contribution in [2.45, 2.75) is 6.92 Å². The Morgan fingerprint density at radius 3 is 2.60 bits per heavy atom. The summed E-state index contributed by atoms with van der Waals surface area (Å²) in [6.07, 6.45) is 0. The molecule has 0 saturated heterocycles. The predicted octanol–water partition coefficient (Wildman–Crippen LogP) is 4.93. The van der Waals surface area contributed by atoms with Gasteiger partial charge in [-0.3, -0.25) is 0 Å². The van der Waals surface area contributed by atoms with E-state index in [1.54, 1.807) is 24.3 Å². The van der Waals surface area contributed by atoms with Gasteiger partial charge in [-0.1, -0.05) is 23.8 Å². The molecule has 0 aromatic heterocycles. The van der Waals surface area contributed by atoms with Crippen LogP contribution < -0.4 is 11.1 Å². The summed E-state index contributed by atoms with van der Waals surface area (Å²) in [5, 5.41) is 3.66. The van der Waals surface area contributed by atoms with Crippen molar-refractivity contribution in [3.63, 3.8) is 0 Å². The normalized spacial score (nSPS) is 10.4. The Hall–Kier alpha value is -1.17. The molecule has 2 aromatic rings. The fourth-order valence-corrected chi connectivity index (χ4v) is 2.39. The van der Waals surface area contributed by atoms with Crippen LogP contribution in [0.5, 0.6) is 0 Å². The number of anilines is 2. The van der Waals surface area contributed by atoms with Crippen LogP contribution in [-0.2, 0) is 0 Å². The molecule has 6 heteroatoms. The van der Waals surface area contributed by atoms with Crippen molar-refractivity contribution in [2.24, 2.45) is 5.73 Å². The topological polar surface area (TPSA) is 38.0 Å². The summed E-state index contributed by atoms with van der Waals surface area (Å²) >= 11 is 14.2. The molecule has 0 aliphatic rings. The maximum absolute atomic E-state index is 13.4. The molecular weight excluding hydrogens is 363 g/mol. The van der Waals surface area contributed by atoms with Crippen molar-refractivity contribution < 1.29 is 4.39 Å². The summed E-state index contributed by atoms with van der Waals surface area (Å²) in [5.74, 6) is -0.303. The molecule has 0 spiro atoms. The molecular formula is C14H11BrClFN2S. The highest BCUT2D eigenvalue weighted by Crippen LogP contribution is 2.30. The number of nitrogens with two attached hydrogens (primary N) is 1. The zero-order valence-electron chi connectivity index (χ0n) is 10.5. The molecule has 104 valence electrons. The summed E-state index contributed by atoms with van der Waals surface area (Å²) in [7, 11) is 0. The first kappa shape index (κ1) is 15.2. The van der Waals surface area contributed by atoms with Gasteiger partial charge in [0, 0.05) is 11.3 Å². The van der Waals surface area contributed by atoms with Gasteiger partial charge in [0.15, 0.2) is 0 Å². The minimum atomic E-state index is -0.303. The van der Waals surface area contributed by atoms with Gasteiger partial charge in [-0.25, -0.2) is 4.39 Å². The second-order valence-electron chi connectivity index (χ2n) is 4.27. The number of nitrogens with one attached hydrogen (secondary N) is 1. The van der Waals surface area contributed by atoms with Gasteiger partial charge in [-0.05, 0) is 58.7 Å². The van der Waals surface area contributed by atoms with Crippen molar-refractivity contribution in [1.29, 1.82) is 0 Å². The summed E-state index contributed by atoms with van der Waals surface area (Å²) in [6, 6.07) is 8.38. The highest BCUT2D eigenvalue weighted by molar-refractivity contribution is 9.10. The van der Waals surface area contributed by atoms with Gasteiger partial charge in [0.05, 0.1) is 15.2 Å². The average molecular weight is 374 g/mol. The number of benzene rings is 2. The molecule has 0 amide bonds. The van der Waals surface area contributed by atoms with Crippen LogP contribution in [0.2, 0.25) is 5.02 Å². The molecule has 2 rings (SSSR count). The molecule has 20 heavy (non-hydrogen) atoms. The first-order valence-electron chi connectivity index (χ1n) is 5.70. The van der Waals surface area contributed by atoms with Gasteiger partial charge in [0.1, 0.15) is 10.8 Å². The van der Waals surface area contributed by atoms with Gasteiger partial charge in [-0.15, -0.1) is 0 Å². The molecule has 0 heterocycles. The fraction of sp³-hybridized carbons (Fsp3) is 0.0714. The minimum absolute atomic E-state index is 0.291. The van der Waals surface area contributed by atoms with Crippen molar-refractivity contribution in [3.05, 3.63) is 56.8 Å². The van der Waals surface area contributed by atoms with E-state index in [0.717, 1.165) is 11.3 Å². The van der Waals surface area contributed by atoms with Crippen LogP contribution in [0.15, 0.2) is 34.8 Å².